The molecule has 2 N–H and O–H groups in total. The molecule has 2 atom stereocenters. The van der Waals surface area contributed by atoms with Crippen molar-refractivity contribution in [3.05, 3.63) is 0 Å². The Morgan fingerprint density at radius 1 is 1.70 bits per heavy atom. The third-order valence-electron chi connectivity index (χ3n) is 2.24. The fraction of sp³-hybridized carbons (Fsp3) is 0.857. The van der Waals surface area contributed by atoms with Crippen molar-refractivity contribution in [2.45, 2.75) is 19.5 Å². The molecule has 0 aromatic rings. The first-order valence-corrected chi connectivity index (χ1v) is 3.59. The molecular formula is C7H14N2O. The zero-order valence-corrected chi connectivity index (χ0v) is 6.50. The number of hydrogen-bond acceptors (Lipinski definition) is 3. The van der Waals surface area contributed by atoms with Gasteiger partial charge in [-0.1, -0.05) is 0 Å². The molecule has 1 heterocycles. The van der Waals surface area contributed by atoms with Crippen molar-refractivity contribution in [3.63, 3.8) is 0 Å². The third kappa shape index (κ3) is 1.20. The van der Waals surface area contributed by atoms with Crippen molar-refractivity contribution in [1.29, 1.82) is 0 Å². The Morgan fingerprint density at radius 3 is 2.50 bits per heavy atom. The van der Waals surface area contributed by atoms with Gasteiger partial charge in [-0.2, -0.15) is 0 Å². The molecule has 0 aromatic heterocycles. The van der Waals surface area contributed by atoms with E-state index in [1.165, 1.54) is 0 Å². The van der Waals surface area contributed by atoms with E-state index in [0.29, 0.717) is 0 Å². The Bertz CT molecular complexity index is 147. The molecule has 10 heavy (non-hydrogen) atoms. The van der Waals surface area contributed by atoms with E-state index in [0.717, 1.165) is 13.0 Å². The van der Waals surface area contributed by atoms with Gasteiger partial charge in [0.2, 0.25) is 0 Å². The lowest BCUT2D eigenvalue weighted by atomic mass is 10.0. The maximum absolute atomic E-state index is 10.9. The SMILES string of the molecule is CC(=O)C1CCN(C)C1N. The van der Waals surface area contributed by atoms with Crippen LogP contribution in [0, 0.1) is 5.92 Å². The van der Waals surface area contributed by atoms with E-state index in [1.807, 2.05) is 11.9 Å². The van der Waals surface area contributed by atoms with Crippen molar-refractivity contribution in [2.24, 2.45) is 11.7 Å². The molecule has 1 aliphatic rings. The van der Waals surface area contributed by atoms with Crippen molar-refractivity contribution >= 4 is 5.78 Å². The lowest BCUT2D eigenvalue weighted by molar-refractivity contribution is -0.121. The van der Waals surface area contributed by atoms with Gasteiger partial charge in [0.25, 0.3) is 0 Å². The monoisotopic (exact) mass is 142 g/mol. The minimum Gasteiger partial charge on any atom is -0.315 e. The number of likely N-dealkylation sites (tertiary alicyclic amines) is 1. The number of Topliss-reactive ketones (excluding diaryl/α,β-unsaturated/α-hetero) is 1. The number of carbonyl (C=O) groups excluding carboxylic acids is 1. The van der Waals surface area contributed by atoms with Gasteiger partial charge in [-0.25, -0.2) is 0 Å². The van der Waals surface area contributed by atoms with Crippen LogP contribution in [0.5, 0.6) is 0 Å². The van der Waals surface area contributed by atoms with Crippen LogP contribution in [0.25, 0.3) is 0 Å². The average Bonchev–Trinajstić information content (AvgIpc) is 2.14. The Labute approximate surface area is 61.2 Å². The summed E-state index contributed by atoms with van der Waals surface area (Å²) in [5.74, 6) is 0.293. The molecule has 0 amide bonds. The van der Waals surface area contributed by atoms with Crippen LogP contribution in [0.15, 0.2) is 0 Å². The van der Waals surface area contributed by atoms with Gasteiger partial charge in [0.15, 0.2) is 0 Å². The number of rotatable bonds is 1. The molecule has 3 nitrogen and oxygen atoms in total. The predicted octanol–water partition coefficient (Wildman–Crippen LogP) is -0.188. The van der Waals surface area contributed by atoms with Crippen molar-refractivity contribution in [1.82, 2.24) is 4.90 Å². The second kappa shape index (κ2) is 2.68. The van der Waals surface area contributed by atoms with Gasteiger partial charge in [-0.05, 0) is 20.4 Å². The lowest BCUT2D eigenvalue weighted by Gasteiger charge is -2.17. The van der Waals surface area contributed by atoms with E-state index < -0.39 is 0 Å². The van der Waals surface area contributed by atoms with Gasteiger partial charge in [0.05, 0.1) is 6.17 Å². The fourth-order valence-corrected chi connectivity index (χ4v) is 1.41. The molecular weight excluding hydrogens is 128 g/mol. The Hall–Kier alpha value is -0.410. The van der Waals surface area contributed by atoms with Crippen LogP contribution in [-0.2, 0) is 4.79 Å². The molecule has 0 aromatic carbocycles. The predicted molar refractivity (Wildman–Crippen MR) is 39.4 cm³/mol. The van der Waals surface area contributed by atoms with E-state index in [1.54, 1.807) is 6.92 Å². The maximum Gasteiger partial charge on any atom is 0.135 e. The highest BCUT2D eigenvalue weighted by molar-refractivity contribution is 5.79. The average molecular weight is 142 g/mol. The largest absolute Gasteiger partial charge is 0.315 e. The summed E-state index contributed by atoms with van der Waals surface area (Å²) in [7, 11) is 1.95. The summed E-state index contributed by atoms with van der Waals surface area (Å²) in [6, 6.07) is 0. The van der Waals surface area contributed by atoms with Crippen LogP contribution in [0.4, 0.5) is 0 Å². The summed E-state index contributed by atoms with van der Waals surface area (Å²) in [4.78, 5) is 12.9. The highest BCUT2D eigenvalue weighted by Gasteiger charge is 2.31. The summed E-state index contributed by atoms with van der Waals surface area (Å²) in [5, 5.41) is 0. The molecule has 0 aliphatic carbocycles. The minimum absolute atomic E-state index is 0.0440. The van der Waals surface area contributed by atoms with E-state index in [2.05, 4.69) is 0 Å². The first kappa shape index (κ1) is 7.69. The van der Waals surface area contributed by atoms with Crippen LogP contribution in [-0.4, -0.2) is 30.4 Å². The van der Waals surface area contributed by atoms with E-state index in [4.69, 9.17) is 5.73 Å². The van der Waals surface area contributed by atoms with Crippen molar-refractivity contribution < 1.29 is 4.79 Å². The number of ketones is 1. The normalized spacial score (nSPS) is 34.7. The van der Waals surface area contributed by atoms with E-state index in [9.17, 15) is 4.79 Å². The number of nitrogens with zero attached hydrogens (tertiary/aromatic N) is 1. The number of nitrogens with two attached hydrogens (primary N) is 1. The fourth-order valence-electron chi connectivity index (χ4n) is 1.41. The second-order valence-corrected chi connectivity index (χ2v) is 2.98. The van der Waals surface area contributed by atoms with E-state index >= 15 is 0 Å². The molecule has 3 heteroatoms. The Kier molecular flexibility index (Phi) is 2.06. The summed E-state index contributed by atoms with van der Waals surface area (Å²) >= 11 is 0. The molecule has 1 fully saturated rings. The zero-order chi connectivity index (χ0) is 7.72. The molecule has 58 valence electrons. The molecule has 0 saturated carbocycles. The Morgan fingerprint density at radius 2 is 2.30 bits per heavy atom. The first-order chi connectivity index (χ1) is 4.63. The minimum atomic E-state index is -0.0440. The first-order valence-electron chi connectivity index (χ1n) is 3.59. The molecule has 1 aliphatic heterocycles. The number of hydrogen-bond donors (Lipinski definition) is 1. The van der Waals surface area contributed by atoms with Gasteiger partial charge >= 0.3 is 0 Å². The van der Waals surface area contributed by atoms with Gasteiger partial charge < -0.3 is 5.73 Å². The second-order valence-electron chi connectivity index (χ2n) is 2.98. The van der Waals surface area contributed by atoms with Gasteiger partial charge in [0.1, 0.15) is 5.78 Å². The summed E-state index contributed by atoms with van der Waals surface area (Å²) in [6.45, 7) is 2.56. The Balaban J connectivity index is 2.57. The summed E-state index contributed by atoms with van der Waals surface area (Å²) in [5.41, 5.74) is 5.73. The number of carbonyl (C=O) groups is 1. The van der Waals surface area contributed by atoms with Crippen molar-refractivity contribution in [2.75, 3.05) is 13.6 Å². The molecule has 1 saturated heterocycles. The highest BCUT2D eigenvalue weighted by atomic mass is 16.1. The lowest BCUT2D eigenvalue weighted by Crippen LogP contribution is -2.39. The topological polar surface area (TPSA) is 46.3 Å². The van der Waals surface area contributed by atoms with Crippen LogP contribution in [0.1, 0.15) is 13.3 Å². The van der Waals surface area contributed by atoms with Crippen molar-refractivity contribution in [3.8, 4) is 0 Å². The molecule has 0 bridgehead atoms. The summed E-state index contributed by atoms with van der Waals surface area (Å²) < 4.78 is 0. The van der Waals surface area contributed by atoms with E-state index in [-0.39, 0.29) is 17.9 Å². The molecule has 2 unspecified atom stereocenters. The van der Waals surface area contributed by atoms with Crippen LogP contribution in [0.3, 0.4) is 0 Å². The molecule has 1 rings (SSSR count). The standard InChI is InChI=1S/C7H14N2O/c1-5(10)6-3-4-9(2)7(6)8/h6-7H,3-4,8H2,1-2H3. The summed E-state index contributed by atoms with van der Waals surface area (Å²) in [6.07, 6.45) is 0.880. The van der Waals surface area contributed by atoms with Gasteiger partial charge in [0, 0.05) is 12.5 Å². The maximum atomic E-state index is 10.9. The van der Waals surface area contributed by atoms with Gasteiger partial charge in [-0.15, -0.1) is 0 Å². The molecule has 0 spiro atoms. The van der Waals surface area contributed by atoms with Crippen LogP contribution in [0.2, 0.25) is 0 Å². The quantitative estimate of drug-likeness (QED) is 0.552. The smallest absolute Gasteiger partial charge is 0.135 e. The van der Waals surface area contributed by atoms with Gasteiger partial charge in [-0.3, -0.25) is 9.69 Å². The van der Waals surface area contributed by atoms with Crippen LogP contribution < -0.4 is 5.73 Å². The third-order valence-corrected chi connectivity index (χ3v) is 2.24. The van der Waals surface area contributed by atoms with Crippen LogP contribution >= 0.6 is 0 Å². The molecule has 0 radical (unpaired) electrons. The highest BCUT2D eigenvalue weighted by Crippen LogP contribution is 2.19. The zero-order valence-electron chi connectivity index (χ0n) is 6.50.